The molecule has 5 rings (SSSR count). The largest absolute Gasteiger partial charge is 0.397 e. The number of hydrogen-bond acceptors (Lipinski definition) is 9. The van der Waals surface area contributed by atoms with E-state index in [1.54, 1.807) is 30.2 Å². The van der Waals surface area contributed by atoms with Crippen LogP contribution in [0.25, 0.3) is 0 Å². The Morgan fingerprint density at radius 2 is 1.63 bits per heavy atom. The number of aromatic nitrogens is 3. The molecule has 242 valence electrons. The number of aryl methyl sites for hydroxylation is 1. The summed E-state index contributed by atoms with van der Waals surface area (Å²) in [5, 5.41) is 24.2. The van der Waals surface area contributed by atoms with Gasteiger partial charge in [-0.2, -0.15) is 0 Å². The van der Waals surface area contributed by atoms with E-state index >= 15 is 0 Å². The van der Waals surface area contributed by atoms with Crippen molar-refractivity contribution < 1.29 is 24.2 Å². The molecule has 11 nitrogen and oxygen atoms in total. The van der Waals surface area contributed by atoms with Crippen molar-refractivity contribution in [2.45, 2.75) is 68.8 Å². The summed E-state index contributed by atoms with van der Waals surface area (Å²) in [5.74, 6) is 0.513. The molecule has 2 amide bonds. The Balaban J connectivity index is 1.11. The van der Waals surface area contributed by atoms with Gasteiger partial charge < -0.3 is 35.5 Å². The van der Waals surface area contributed by atoms with Gasteiger partial charge in [0.1, 0.15) is 6.33 Å². The molecular formula is C34H40N6O5S. The van der Waals surface area contributed by atoms with Crippen LogP contribution in [-0.4, -0.2) is 43.5 Å². The Labute approximate surface area is 272 Å². The zero-order valence-corrected chi connectivity index (χ0v) is 26.6. The first-order chi connectivity index (χ1) is 22.4. The minimum Gasteiger partial charge on any atom is -0.397 e. The number of benzene rings is 3. The molecule has 0 bridgehead atoms. The highest BCUT2D eigenvalue weighted by Crippen LogP contribution is 2.39. The van der Waals surface area contributed by atoms with E-state index in [0.29, 0.717) is 54.9 Å². The fourth-order valence-corrected chi connectivity index (χ4v) is 6.02. The number of carbonyl (C=O) groups is 2. The summed E-state index contributed by atoms with van der Waals surface area (Å²) in [5.41, 5.74) is 10.4. The van der Waals surface area contributed by atoms with Crippen LogP contribution in [0.1, 0.15) is 67.6 Å². The fourth-order valence-electron chi connectivity index (χ4n) is 5.11. The maximum Gasteiger partial charge on any atom is 0.224 e. The van der Waals surface area contributed by atoms with Crippen molar-refractivity contribution in [1.29, 1.82) is 0 Å². The van der Waals surface area contributed by atoms with Gasteiger partial charge in [-0.15, -0.1) is 10.2 Å². The second kappa shape index (κ2) is 16.4. The normalized spacial score (nSPS) is 17.8. The van der Waals surface area contributed by atoms with Gasteiger partial charge in [0.15, 0.2) is 11.4 Å². The first-order valence-corrected chi connectivity index (χ1v) is 16.4. The molecule has 4 aromatic rings. The van der Waals surface area contributed by atoms with E-state index in [4.69, 9.17) is 15.2 Å². The van der Waals surface area contributed by atoms with Crippen LogP contribution in [0.3, 0.4) is 0 Å². The lowest BCUT2D eigenvalue weighted by molar-refractivity contribution is -0.245. The number of para-hydroxylation sites is 2. The minimum atomic E-state index is -0.596. The molecule has 12 heteroatoms. The molecule has 0 spiro atoms. The molecule has 2 heterocycles. The molecular weight excluding hydrogens is 604 g/mol. The highest BCUT2D eigenvalue weighted by molar-refractivity contribution is 7.99. The maximum absolute atomic E-state index is 12.6. The van der Waals surface area contributed by atoms with E-state index in [-0.39, 0.29) is 30.6 Å². The summed E-state index contributed by atoms with van der Waals surface area (Å²) >= 11 is 1.59. The van der Waals surface area contributed by atoms with Crippen molar-refractivity contribution in [2.24, 2.45) is 7.05 Å². The van der Waals surface area contributed by atoms with Gasteiger partial charge in [0.2, 0.25) is 11.8 Å². The molecule has 1 aliphatic heterocycles. The molecule has 3 atom stereocenters. The van der Waals surface area contributed by atoms with E-state index in [9.17, 15) is 14.7 Å². The number of thioether (sulfide) groups is 1. The Hall–Kier alpha value is -4.23. The van der Waals surface area contributed by atoms with Crippen molar-refractivity contribution in [1.82, 2.24) is 14.8 Å². The third-order valence-electron chi connectivity index (χ3n) is 7.69. The topological polar surface area (TPSA) is 154 Å². The van der Waals surface area contributed by atoms with E-state index in [0.717, 1.165) is 28.3 Å². The number of nitrogens with one attached hydrogen (secondary N) is 2. The molecule has 0 aliphatic carbocycles. The summed E-state index contributed by atoms with van der Waals surface area (Å²) in [6.07, 6.45) is 4.32. The number of rotatable bonds is 14. The number of carbonyl (C=O) groups excluding carboxylic acids is 2. The number of anilines is 3. The predicted octanol–water partition coefficient (Wildman–Crippen LogP) is 5.76. The molecule has 0 saturated carbocycles. The highest BCUT2D eigenvalue weighted by atomic mass is 32.2. The second-order valence-electron chi connectivity index (χ2n) is 11.3. The fraction of sp³-hybridized carbons (Fsp3) is 0.353. The number of nitrogens with zero attached hydrogens (tertiary/aromatic N) is 3. The lowest BCUT2D eigenvalue weighted by Crippen LogP contribution is -2.31. The van der Waals surface area contributed by atoms with E-state index in [1.807, 2.05) is 72.3 Å². The highest BCUT2D eigenvalue weighted by Gasteiger charge is 2.32. The van der Waals surface area contributed by atoms with Crippen molar-refractivity contribution in [3.63, 3.8) is 0 Å². The first kappa shape index (κ1) is 33.1. The number of ether oxygens (including phenoxy) is 2. The van der Waals surface area contributed by atoms with Crippen LogP contribution in [0.2, 0.25) is 0 Å². The van der Waals surface area contributed by atoms with Gasteiger partial charge in [0.05, 0.1) is 30.2 Å². The number of nitrogens with two attached hydrogens (primary N) is 1. The van der Waals surface area contributed by atoms with Crippen molar-refractivity contribution >= 4 is 40.6 Å². The molecule has 5 N–H and O–H groups in total. The smallest absolute Gasteiger partial charge is 0.224 e. The van der Waals surface area contributed by atoms with Crippen LogP contribution in [0, 0.1) is 0 Å². The lowest BCUT2D eigenvalue weighted by Gasteiger charge is -2.36. The van der Waals surface area contributed by atoms with Gasteiger partial charge >= 0.3 is 0 Å². The zero-order valence-electron chi connectivity index (χ0n) is 25.8. The third-order valence-corrected chi connectivity index (χ3v) is 8.86. The maximum atomic E-state index is 12.6. The molecule has 1 saturated heterocycles. The summed E-state index contributed by atoms with van der Waals surface area (Å²) in [6, 6.07) is 22.5. The van der Waals surface area contributed by atoms with Crippen LogP contribution >= 0.6 is 11.8 Å². The summed E-state index contributed by atoms with van der Waals surface area (Å²) in [6.45, 7) is -0.0123. The van der Waals surface area contributed by atoms with Crippen molar-refractivity contribution in [3.05, 3.63) is 95.8 Å². The number of aliphatic hydroxyl groups is 1. The molecule has 0 radical (unpaired) electrons. The van der Waals surface area contributed by atoms with E-state index < -0.39 is 6.29 Å². The summed E-state index contributed by atoms with van der Waals surface area (Å²) in [4.78, 5) is 24.8. The first-order valence-electron chi connectivity index (χ1n) is 15.4. The molecule has 46 heavy (non-hydrogen) atoms. The quantitative estimate of drug-likeness (QED) is 0.0763. The average Bonchev–Trinajstić information content (AvgIpc) is 3.49. The number of hydrogen-bond donors (Lipinski definition) is 4. The number of nitrogen functional groups attached to an aromatic ring is 1. The van der Waals surface area contributed by atoms with E-state index in [1.165, 1.54) is 0 Å². The van der Waals surface area contributed by atoms with Crippen LogP contribution in [-0.2, 0) is 32.7 Å². The Bertz CT molecular complexity index is 1580. The third kappa shape index (κ3) is 9.39. The predicted molar refractivity (Wildman–Crippen MR) is 178 cm³/mol. The van der Waals surface area contributed by atoms with Crippen LogP contribution in [0.5, 0.6) is 0 Å². The molecule has 1 aromatic heterocycles. The standard InChI is InChI=1S/C34H40N6O5S/c1-40-22-36-39-34(40)46-21-27-19-30(24-13-11-23(20-41)12-14-24)45-33(44-27)25-15-17-26(18-16-25)37-31(42)9-3-2-4-10-32(43)38-29-8-6-5-7-28(29)35/h5-8,11-18,22,27,30,33,41H,2-4,9-10,19-21,35H2,1H3,(H,37,42)(H,38,43). The number of aliphatic hydroxyl groups excluding tert-OH is 1. The van der Waals surface area contributed by atoms with E-state index in [2.05, 4.69) is 20.8 Å². The Kier molecular flexibility index (Phi) is 11.8. The average molecular weight is 645 g/mol. The van der Waals surface area contributed by atoms with Crippen molar-refractivity contribution in [3.8, 4) is 0 Å². The van der Waals surface area contributed by atoms with Gasteiger partial charge in [0, 0.05) is 43.3 Å². The summed E-state index contributed by atoms with van der Waals surface area (Å²) < 4.78 is 14.7. The Morgan fingerprint density at radius 3 is 2.30 bits per heavy atom. The molecule has 3 unspecified atom stereocenters. The van der Waals surface area contributed by atoms with Gasteiger partial charge in [-0.25, -0.2) is 0 Å². The van der Waals surface area contributed by atoms with Crippen molar-refractivity contribution in [2.75, 3.05) is 22.1 Å². The van der Waals surface area contributed by atoms with Gasteiger partial charge in [-0.3, -0.25) is 9.59 Å². The van der Waals surface area contributed by atoms with Gasteiger partial charge in [0.25, 0.3) is 0 Å². The zero-order chi connectivity index (χ0) is 32.3. The lowest BCUT2D eigenvalue weighted by atomic mass is 10.0. The minimum absolute atomic E-state index is 0.0123. The Morgan fingerprint density at radius 1 is 0.935 bits per heavy atom. The van der Waals surface area contributed by atoms with Gasteiger partial charge in [-0.05, 0) is 48.2 Å². The number of amides is 2. The SMILES string of the molecule is Cn1cnnc1SCC1CC(c2ccc(CO)cc2)OC(c2ccc(NC(=O)CCCCCC(=O)Nc3ccccc3N)cc2)O1. The molecule has 3 aromatic carbocycles. The van der Waals surface area contributed by atoms with Crippen LogP contribution < -0.4 is 16.4 Å². The van der Waals surface area contributed by atoms with Gasteiger partial charge in [-0.1, -0.05) is 66.7 Å². The second-order valence-corrected chi connectivity index (χ2v) is 12.2. The number of unbranched alkanes of at least 4 members (excludes halogenated alkanes) is 2. The molecule has 1 aliphatic rings. The van der Waals surface area contributed by atoms with Crippen LogP contribution in [0.4, 0.5) is 17.1 Å². The summed E-state index contributed by atoms with van der Waals surface area (Å²) in [7, 11) is 1.91. The van der Waals surface area contributed by atoms with Crippen LogP contribution in [0.15, 0.2) is 84.3 Å². The molecule has 1 fully saturated rings. The monoisotopic (exact) mass is 644 g/mol.